The van der Waals surface area contributed by atoms with Crippen molar-refractivity contribution in [1.29, 1.82) is 0 Å². The third-order valence-electron chi connectivity index (χ3n) is 2.05. The fourth-order valence-corrected chi connectivity index (χ4v) is 1.93. The van der Waals surface area contributed by atoms with Gasteiger partial charge in [0.25, 0.3) is 5.95 Å². The zero-order chi connectivity index (χ0) is 12.2. The highest BCUT2D eigenvalue weighted by Crippen LogP contribution is 2.05. The monoisotopic (exact) mass is 247 g/mol. The van der Waals surface area contributed by atoms with E-state index in [4.69, 9.17) is 0 Å². The molecule has 1 rings (SSSR count). The molecule has 1 aromatic heterocycles. The highest BCUT2D eigenvalue weighted by molar-refractivity contribution is 7.90. The van der Waals surface area contributed by atoms with Gasteiger partial charge in [0.15, 0.2) is 0 Å². The van der Waals surface area contributed by atoms with E-state index in [0.29, 0.717) is 12.4 Å². The molecular formula is C8H17N5O2S. The molecule has 1 heterocycles. The van der Waals surface area contributed by atoms with Gasteiger partial charge in [-0.25, -0.2) is 4.72 Å². The van der Waals surface area contributed by atoms with Crippen LogP contribution >= 0.6 is 0 Å². The first-order valence-corrected chi connectivity index (χ1v) is 6.53. The van der Waals surface area contributed by atoms with Gasteiger partial charge in [-0.3, -0.25) is 5.10 Å². The molecule has 0 aliphatic carbocycles. The molecule has 0 saturated heterocycles. The van der Waals surface area contributed by atoms with E-state index in [-0.39, 0.29) is 5.95 Å². The number of unbranched alkanes of at least 4 members (excludes halogenated alkanes) is 1. The van der Waals surface area contributed by atoms with Crippen LogP contribution in [-0.2, 0) is 10.2 Å². The van der Waals surface area contributed by atoms with Crippen molar-refractivity contribution in [2.75, 3.05) is 18.3 Å². The van der Waals surface area contributed by atoms with Crippen LogP contribution in [-0.4, -0.2) is 41.5 Å². The van der Waals surface area contributed by atoms with Gasteiger partial charge in [-0.1, -0.05) is 13.3 Å². The molecule has 0 amide bonds. The van der Waals surface area contributed by atoms with E-state index in [1.54, 1.807) is 6.92 Å². The molecule has 8 heteroatoms. The van der Waals surface area contributed by atoms with Gasteiger partial charge in [-0.05, 0) is 13.3 Å². The fourth-order valence-electron chi connectivity index (χ4n) is 1.08. The maximum absolute atomic E-state index is 11.7. The van der Waals surface area contributed by atoms with Crippen LogP contribution in [0.3, 0.4) is 0 Å². The maximum Gasteiger partial charge on any atom is 0.303 e. The molecule has 0 fully saturated rings. The number of nitrogens with one attached hydrogen (secondary N) is 2. The Kier molecular flexibility index (Phi) is 4.25. The Balaban J connectivity index is 2.64. The van der Waals surface area contributed by atoms with Gasteiger partial charge in [0.05, 0.1) is 0 Å². The highest BCUT2D eigenvalue weighted by Gasteiger charge is 2.18. The molecule has 16 heavy (non-hydrogen) atoms. The van der Waals surface area contributed by atoms with Crippen LogP contribution in [0.5, 0.6) is 0 Å². The second-order valence-corrected chi connectivity index (χ2v) is 5.30. The smallest absolute Gasteiger partial charge is 0.261 e. The summed E-state index contributed by atoms with van der Waals surface area (Å²) in [6, 6.07) is 0. The summed E-state index contributed by atoms with van der Waals surface area (Å²) in [6.45, 7) is 4.19. The Morgan fingerprint density at radius 3 is 2.69 bits per heavy atom. The van der Waals surface area contributed by atoms with E-state index >= 15 is 0 Å². The van der Waals surface area contributed by atoms with Crippen LogP contribution in [0.1, 0.15) is 25.6 Å². The molecule has 0 saturated carbocycles. The topological polar surface area (TPSA) is 91.0 Å². The van der Waals surface area contributed by atoms with Crippen molar-refractivity contribution in [1.82, 2.24) is 19.5 Å². The molecule has 0 aliphatic heterocycles. The summed E-state index contributed by atoms with van der Waals surface area (Å²) in [6.07, 6.45) is 1.77. The molecule has 92 valence electrons. The van der Waals surface area contributed by atoms with Gasteiger partial charge >= 0.3 is 10.2 Å². The second kappa shape index (κ2) is 5.26. The van der Waals surface area contributed by atoms with E-state index in [1.807, 2.05) is 6.92 Å². The zero-order valence-electron chi connectivity index (χ0n) is 9.69. The third-order valence-corrected chi connectivity index (χ3v) is 3.50. The van der Waals surface area contributed by atoms with Crippen LogP contribution < -0.4 is 4.72 Å². The summed E-state index contributed by atoms with van der Waals surface area (Å²) < 4.78 is 27.0. The number of aryl methyl sites for hydroxylation is 1. The van der Waals surface area contributed by atoms with Crippen molar-refractivity contribution in [2.24, 2.45) is 0 Å². The number of aromatic amines is 1. The Morgan fingerprint density at radius 1 is 1.50 bits per heavy atom. The first-order chi connectivity index (χ1) is 7.45. The van der Waals surface area contributed by atoms with E-state index in [2.05, 4.69) is 19.9 Å². The van der Waals surface area contributed by atoms with Gasteiger partial charge in [0.2, 0.25) is 0 Å². The summed E-state index contributed by atoms with van der Waals surface area (Å²) in [4.78, 5) is 3.87. The van der Waals surface area contributed by atoms with E-state index in [9.17, 15) is 8.42 Å². The lowest BCUT2D eigenvalue weighted by Crippen LogP contribution is -2.33. The number of aromatic nitrogens is 3. The molecule has 7 nitrogen and oxygen atoms in total. The lowest BCUT2D eigenvalue weighted by molar-refractivity contribution is 0.463. The maximum atomic E-state index is 11.7. The van der Waals surface area contributed by atoms with Gasteiger partial charge in [-0.15, -0.1) is 5.10 Å². The van der Waals surface area contributed by atoms with E-state index < -0.39 is 10.2 Å². The predicted molar refractivity (Wildman–Crippen MR) is 61.2 cm³/mol. The molecule has 0 spiro atoms. The minimum Gasteiger partial charge on any atom is -0.261 e. The summed E-state index contributed by atoms with van der Waals surface area (Å²) in [5, 5.41) is 6.28. The van der Waals surface area contributed by atoms with Gasteiger partial charge in [0.1, 0.15) is 5.82 Å². The number of hydrogen-bond acceptors (Lipinski definition) is 4. The molecule has 0 aliphatic rings. The fraction of sp³-hybridized carbons (Fsp3) is 0.750. The molecule has 0 radical (unpaired) electrons. The Labute approximate surface area is 95.4 Å². The average Bonchev–Trinajstić information content (AvgIpc) is 2.59. The third kappa shape index (κ3) is 3.46. The summed E-state index contributed by atoms with van der Waals surface area (Å²) >= 11 is 0. The first-order valence-electron chi connectivity index (χ1n) is 5.09. The van der Waals surface area contributed by atoms with Gasteiger partial charge in [-0.2, -0.15) is 17.7 Å². The first kappa shape index (κ1) is 12.9. The minimum atomic E-state index is -3.53. The number of anilines is 1. The lowest BCUT2D eigenvalue weighted by atomic mass is 10.3. The summed E-state index contributed by atoms with van der Waals surface area (Å²) in [5.41, 5.74) is 0. The minimum absolute atomic E-state index is 0.0702. The predicted octanol–water partition coefficient (Wildman–Crippen LogP) is 0.502. The molecule has 0 bridgehead atoms. The molecular weight excluding hydrogens is 230 g/mol. The average molecular weight is 247 g/mol. The highest BCUT2D eigenvalue weighted by atomic mass is 32.2. The van der Waals surface area contributed by atoms with Crippen molar-refractivity contribution < 1.29 is 8.42 Å². The Morgan fingerprint density at radius 2 is 2.19 bits per heavy atom. The van der Waals surface area contributed by atoms with Crippen LogP contribution in [0.25, 0.3) is 0 Å². The Hall–Kier alpha value is -1.15. The lowest BCUT2D eigenvalue weighted by Gasteiger charge is -2.15. The standard InChI is InChI=1S/C8H17N5O2S/c1-4-5-6-13(3)16(14,15)12-8-9-7(2)10-11-8/h4-6H2,1-3H3,(H2,9,10,11,12). The normalized spacial score (nSPS) is 12.0. The molecule has 0 atom stereocenters. The van der Waals surface area contributed by atoms with Gasteiger partial charge < -0.3 is 0 Å². The zero-order valence-corrected chi connectivity index (χ0v) is 10.5. The number of hydrogen-bond donors (Lipinski definition) is 2. The summed E-state index contributed by atoms with van der Waals surface area (Å²) in [5.74, 6) is 0.634. The van der Waals surface area contributed by atoms with Crippen LogP contribution in [0.2, 0.25) is 0 Å². The van der Waals surface area contributed by atoms with Crippen molar-refractivity contribution >= 4 is 16.2 Å². The number of rotatable bonds is 6. The quantitative estimate of drug-likeness (QED) is 0.766. The van der Waals surface area contributed by atoms with Crippen LogP contribution in [0.4, 0.5) is 5.95 Å². The van der Waals surface area contributed by atoms with Crippen molar-refractivity contribution in [3.63, 3.8) is 0 Å². The van der Waals surface area contributed by atoms with E-state index in [0.717, 1.165) is 12.8 Å². The molecule has 0 unspecified atom stereocenters. The molecule has 1 aromatic rings. The van der Waals surface area contributed by atoms with Gasteiger partial charge in [0, 0.05) is 13.6 Å². The SMILES string of the molecule is CCCCN(C)S(=O)(=O)Nc1n[nH]c(C)n1. The Bertz CT molecular complexity index is 427. The van der Waals surface area contributed by atoms with Crippen LogP contribution in [0.15, 0.2) is 0 Å². The number of nitrogens with zero attached hydrogens (tertiary/aromatic N) is 3. The van der Waals surface area contributed by atoms with Crippen molar-refractivity contribution in [3.8, 4) is 0 Å². The summed E-state index contributed by atoms with van der Waals surface area (Å²) in [7, 11) is -2.01. The van der Waals surface area contributed by atoms with Crippen molar-refractivity contribution in [3.05, 3.63) is 5.82 Å². The largest absolute Gasteiger partial charge is 0.303 e. The molecule has 0 aromatic carbocycles. The van der Waals surface area contributed by atoms with Crippen molar-refractivity contribution in [2.45, 2.75) is 26.7 Å². The number of H-pyrrole nitrogens is 1. The second-order valence-electron chi connectivity index (χ2n) is 3.53. The molecule has 2 N–H and O–H groups in total. The van der Waals surface area contributed by atoms with Crippen LogP contribution in [0, 0.1) is 6.92 Å². The van der Waals surface area contributed by atoms with E-state index in [1.165, 1.54) is 11.4 Å².